The summed E-state index contributed by atoms with van der Waals surface area (Å²) >= 11 is 1.75. The predicted molar refractivity (Wildman–Crippen MR) is 104 cm³/mol. The summed E-state index contributed by atoms with van der Waals surface area (Å²) in [6.45, 7) is 3.83. The topological polar surface area (TPSA) is 50.3 Å². The molecule has 1 N–H and O–H groups in total. The second-order valence-corrected chi connectivity index (χ2v) is 7.03. The van der Waals surface area contributed by atoms with Crippen LogP contribution in [0.4, 0.5) is 0 Å². The monoisotopic (exact) mass is 376 g/mol. The number of nitrogens with one attached hydrogen (secondary N) is 1. The third-order valence-electron chi connectivity index (χ3n) is 4.40. The summed E-state index contributed by atoms with van der Waals surface area (Å²) in [6.07, 6.45) is 3.79. The van der Waals surface area contributed by atoms with Crippen LogP contribution in [0.5, 0.6) is 5.75 Å². The van der Waals surface area contributed by atoms with Gasteiger partial charge in [0.05, 0.1) is 23.9 Å². The maximum absolute atomic E-state index is 5.31. The molecule has 1 aromatic carbocycles. The van der Waals surface area contributed by atoms with Crippen LogP contribution in [-0.2, 0) is 6.54 Å². The van der Waals surface area contributed by atoms with E-state index in [1.165, 1.54) is 10.3 Å². The van der Waals surface area contributed by atoms with Gasteiger partial charge in [-0.1, -0.05) is 6.07 Å². The highest BCUT2D eigenvalue weighted by atomic mass is 35.5. The molecule has 1 aliphatic rings. The van der Waals surface area contributed by atoms with Crippen molar-refractivity contribution in [3.8, 4) is 5.75 Å². The molecule has 0 saturated carbocycles. The number of ether oxygens (including phenoxy) is 1. The molecular weight excluding hydrogens is 356 g/mol. The number of pyridine rings is 1. The van der Waals surface area contributed by atoms with Crippen LogP contribution in [0, 0.1) is 0 Å². The Kier molecular flexibility index (Phi) is 5.86. The van der Waals surface area contributed by atoms with E-state index in [1.54, 1.807) is 18.4 Å². The van der Waals surface area contributed by atoms with Crippen LogP contribution in [-0.4, -0.2) is 41.6 Å². The van der Waals surface area contributed by atoms with E-state index >= 15 is 0 Å². The Balaban J connectivity index is 0.00000182. The van der Waals surface area contributed by atoms with Crippen LogP contribution in [0.25, 0.3) is 10.2 Å². The number of halogens is 1. The molecule has 0 bridgehead atoms. The van der Waals surface area contributed by atoms with Crippen LogP contribution in [0.15, 0.2) is 42.7 Å². The Hall–Kier alpha value is -1.73. The molecule has 0 radical (unpaired) electrons. The molecule has 4 rings (SSSR count). The molecule has 25 heavy (non-hydrogen) atoms. The third kappa shape index (κ3) is 3.93. The fraction of sp³-hybridized carbons (Fsp3) is 0.333. The average molecular weight is 377 g/mol. The molecule has 1 aliphatic heterocycles. The van der Waals surface area contributed by atoms with Gasteiger partial charge >= 0.3 is 0 Å². The molecule has 132 valence electrons. The van der Waals surface area contributed by atoms with Gasteiger partial charge in [-0.05, 0) is 29.8 Å². The van der Waals surface area contributed by atoms with E-state index in [9.17, 15) is 0 Å². The fourth-order valence-corrected chi connectivity index (χ4v) is 4.18. The van der Waals surface area contributed by atoms with Gasteiger partial charge in [0.15, 0.2) is 0 Å². The van der Waals surface area contributed by atoms with E-state index in [2.05, 4.69) is 27.3 Å². The Morgan fingerprint density at radius 1 is 1.36 bits per heavy atom. The highest BCUT2D eigenvalue weighted by molar-refractivity contribution is 7.18. The van der Waals surface area contributed by atoms with E-state index in [-0.39, 0.29) is 12.4 Å². The van der Waals surface area contributed by atoms with E-state index < -0.39 is 0 Å². The second-order valence-electron chi connectivity index (χ2n) is 5.92. The van der Waals surface area contributed by atoms with E-state index in [1.807, 2.05) is 30.6 Å². The number of aromatic nitrogens is 2. The van der Waals surface area contributed by atoms with Crippen LogP contribution in [0.2, 0.25) is 0 Å². The number of benzene rings is 1. The maximum Gasteiger partial charge on any atom is 0.120 e. The molecule has 3 aromatic rings. The van der Waals surface area contributed by atoms with Crippen LogP contribution in [0.3, 0.4) is 0 Å². The minimum absolute atomic E-state index is 0. The van der Waals surface area contributed by atoms with Crippen LogP contribution in [0.1, 0.15) is 16.6 Å². The number of fused-ring (bicyclic) bond motifs is 1. The maximum atomic E-state index is 5.31. The number of methoxy groups -OCH3 is 1. The fourth-order valence-electron chi connectivity index (χ4n) is 3.16. The Morgan fingerprint density at radius 2 is 2.28 bits per heavy atom. The van der Waals surface area contributed by atoms with Gasteiger partial charge in [0.2, 0.25) is 0 Å². The molecule has 1 saturated heterocycles. The number of hydrogen-bond donors (Lipinski definition) is 1. The largest absolute Gasteiger partial charge is 0.497 e. The first-order chi connectivity index (χ1) is 11.8. The highest BCUT2D eigenvalue weighted by Crippen LogP contribution is 2.29. The van der Waals surface area contributed by atoms with Gasteiger partial charge in [-0.25, -0.2) is 4.98 Å². The van der Waals surface area contributed by atoms with Gasteiger partial charge in [-0.2, -0.15) is 0 Å². The summed E-state index contributed by atoms with van der Waals surface area (Å²) in [6, 6.07) is 10.6. The molecule has 3 heterocycles. The van der Waals surface area contributed by atoms with Crippen molar-refractivity contribution in [3.05, 3.63) is 53.3 Å². The Morgan fingerprint density at radius 3 is 3.08 bits per heavy atom. The number of hydrogen-bond acceptors (Lipinski definition) is 6. The lowest BCUT2D eigenvalue weighted by Crippen LogP contribution is -2.45. The first-order valence-corrected chi connectivity index (χ1v) is 8.93. The van der Waals surface area contributed by atoms with E-state index in [4.69, 9.17) is 9.72 Å². The molecule has 1 fully saturated rings. The quantitative estimate of drug-likeness (QED) is 0.757. The van der Waals surface area contributed by atoms with Gasteiger partial charge in [0.1, 0.15) is 10.8 Å². The Labute approximate surface area is 157 Å². The van der Waals surface area contributed by atoms with Crippen LogP contribution < -0.4 is 10.1 Å². The summed E-state index contributed by atoms with van der Waals surface area (Å²) in [7, 11) is 1.70. The normalized spacial score (nSPS) is 18.0. The van der Waals surface area contributed by atoms with Gasteiger partial charge in [-0.15, -0.1) is 23.7 Å². The summed E-state index contributed by atoms with van der Waals surface area (Å²) in [5.74, 6) is 0.883. The first-order valence-electron chi connectivity index (χ1n) is 8.11. The predicted octanol–water partition coefficient (Wildman–Crippen LogP) is 3.27. The van der Waals surface area contributed by atoms with E-state index in [0.717, 1.165) is 42.5 Å². The standard InChI is InChI=1S/C18H20N4OS.ClH/c1-23-14-4-5-15-17(9-14)24-18(21-15)12-22-8-7-20-11-16(22)13-3-2-6-19-10-13;/h2-6,9-10,16,20H,7-8,11-12H2,1H3;1H. The van der Waals surface area contributed by atoms with Crippen molar-refractivity contribution in [3.63, 3.8) is 0 Å². The molecule has 0 aliphatic carbocycles. The third-order valence-corrected chi connectivity index (χ3v) is 5.40. The van der Waals surface area contributed by atoms with Gasteiger partial charge in [-0.3, -0.25) is 9.88 Å². The molecule has 1 unspecified atom stereocenters. The van der Waals surface area contributed by atoms with Crippen molar-refractivity contribution in [2.24, 2.45) is 0 Å². The van der Waals surface area contributed by atoms with Crippen molar-refractivity contribution < 1.29 is 4.74 Å². The molecule has 0 amide bonds. The highest BCUT2D eigenvalue weighted by Gasteiger charge is 2.24. The molecular formula is C18H21ClN4OS. The minimum atomic E-state index is 0. The lowest BCUT2D eigenvalue weighted by atomic mass is 10.1. The lowest BCUT2D eigenvalue weighted by Gasteiger charge is -2.35. The van der Waals surface area contributed by atoms with Crippen molar-refractivity contribution in [2.75, 3.05) is 26.7 Å². The summed E-state index contributed by atoms with van der Waals surface area (Å²) < 4.78 is 6.49. The summed E-state index contributed by atoms with van der Waals surface area (Å²) in [5, 5.41) is 4.64. The SMILES string of the molecule is COc1ccc2nc(CN3CCNCC3c3cccnc3)sc2c1.Cl. The van der Waals surface area contributed by atoms with Crippen molar-refractivity contribution in [1.29, 1.82) is 0 Å². The van der Waals surface area contributed by atoms with Gasteiger partial charge in [0.25, 0.3) is 0 Å². The van der Waals surface area contributed by atoms with E-state index in [0.29, 0.717) is 6.04 Å². The second kappa shape index (κ2) is 8.10. The van der Waals surface area contributed by atoms with Crippen molar-refractivity contribution in [2.45, 2.75) is 12.6 Å². The summed E-state index contributed by atoms with van der Waals surface area (Å²) in [4.78, 5) is 11.6. The van der Waals surface area contributed by atoms with Crippen LogP contribution >= 0.6 is 23.7 Å². The molecule has 5 nitrogen and oxygen atoms in total. The summed E-state index contributed by atoms with van der Waals surface area (Å²) in [5.41, 5.74) is 2.30. The zero-order chi connectivity index (χ0) is 16.4. The van der Waals surface area contributed by atoms with Crippen molar-refractivity contribution >= 4 is 34.0 Å². The average Bonchev–Trinajstić information content (AvgIpc) is 3.04. The first kappa shape index (κ1) is 18.1. The molecule has 7 heteroatoms. The lowest BCUT2D eigenvalue weighted by molar-refractivity contribution is 0.153. The van der Waals surface area contributed by atoms with Crippen molar-refractivity contribution in [1.82, 2.24) is 20.2 Å². The Bertz CT molecular complexity index is 826. The zero-order valence-electron chi connectivity index (χ0n) is 14.0. The van der Waals surface area contributed by atoms with Gasteiger partial charge < -0.3 is 10.1 Å². The molecule has 1 atom stereocenters. The minimum Gasteiger partial charge on any atom is -0.497 e. The molecule has 2 aromatic heterocycles. The smallest absolute Gasteiger partial charge is 0.120 e. The van der Waals surface area contributed by atoms with Gasteiger partial charge in [0, 0.05) is 38.1 Å². The zero-order valence-corrected chi connectivity index (χ0v) is 15.6. The number of nitrogens with zero attached hydrogens (tertiary/aromatic N) is 3. The number of piperazine rings is 1. The number of rotatable bonds is 4. The number of thiazole rings is 1. The molecule has 0 spiro atoms.